The molecule has 0 saturated carbocycles. The van der Waals surface area contributed by atoms with Crippen molar-refractivity contribution in [1.82, 2.24) is 14.9 Å². The summed E-state index contributed by atoms with van der Waals surface area (Å²) >= 11 is 1.09. The van der Waals surface area contributed by atoms with Gasteiger partial charge in [0.15, 0.2) is 11.6 Å². The molecule has 1 amide bonds. The van der Waals surface area contributed by atoms with E-state index in [2.05, 4.69) is 15.5 Å². The maximum atomic E-state index is 14.2. The van der Waals surface area contributed by atoms with E-state index in [4.69, 9.17) is 5.84 Å². The Hall–Kier alpha value is -3.98. The second-order valence-corrected chi connectivity index (χ2v) is 8.26. The Morgan fingerprint density at radius 1 is 1.00 bits per heavy atom. The van der Waals surface area contributed by atoms with Crippen LogP contribution in [0.25, 0.3) is 11.4 Å². The van der Waals surface area contributed by atoms with Crippen LogP contribution in [0.1, 0.15) is 28.1 Å². The average molecular weight is 462 g/mol. The highest BCUT2D eigenvalue weighted by Crippen LogP contribution is 2.36. The molecule has 4 aromatic rings. The van der Waals surface area contributed by atoms with E-state index < -0.39 is 11.1 Å². The van der Waals surface area contributed by atoms with Crippen LogP contribution in [-0.4, -0.2) is 26.6 Å². The van der Waals surface area contributed by atoms with Gasteiger partial charge in [0.05, 0.1) is 5.56 Å². The van der Waals surface area contributed by atoms with E-state index in [-0.39, 0.29) is 28.2 Å². The number of Topliss-reactive ketones (excluding diaryl/α,β-unsaturated/α-hetero) is 1. The summed E-state index contributed by atoms with van der Waals surface area (Å²) in [6, 6.07) is 22.0. The number of anilines is 1. The summed E-state index contributed by atoms with van der Waals surface area (Å²) in [6.45, 7) is 1.46. The third kappa shape index (κ3) is 4.93. The zero-order valence-corrected chi connectivity index (χ0v) is 18.4. The molecule has 166 valence electrons. The molecule has 1 unspecified atom stereocenters. The highest BCUT2D eigenvalue weighted by Gasteiger charge is 2.26. The summed E-state index contributed by atoms with van der Waals surface area (Å²) < 4.78 is 15.4. The molecular weight excluding hydrogens is 441 g/mol. The third-order valence-corrected chi connectivity index (χ3v) is 6.09. The lowest BCUT2D eigenvalue weighted by molar-refractivity contribution is -0.115. The van der Waals surface area contributed by atoms with Gasteiger partial charge in [0.1, 0.15) is 11.1 Å². The number of amides is 1. The highest BCUT2D eigenvalue weighted by molar-refractivity contribution is 8.00. The Balaban J connectivity index is 1.64. The van der Waals surface area contributed by atoms with Crippen molar-refractivity contribution in [2.24, 2.45) is 0 Å². The van der Waals surface area contributed by atoms with E-state index in [0.717, 1.165) is 17.3 Å². The zero-order chi connectivity index (χ0) is 23.4. The van der Waals surface area contributed by atoms with Crippen molar-refractivity contribution in [3.63, 3.8) is 0 Å². The third-order valence-electron chi connectivity index (χ3n) is 4.88. The molecule has 4 rings (SSSR count). The number of halogens is 1. The van der Waals surface area contributed by atoms with Crippen LogP contribution in [0.5, 0.6) is 0 Å². The number of rotatable bonds is 7. The van der Waals surface area contributed by atoms with Gasteiger partial charge in [0.2, 0.25) is 11.1 Å². The van der Waals surface area contributed by atoms with Crippen molar-refractivity contribution in [1.29, 1.82) is 0 Å². The first kappa shape index (κ1) is 22.2. The van der Waals surface area contributed by atoms with Crippen molar-refractivity contribution in [3.8, 4) is 11.4 Å². The van der Waals surface area contributed by atoms with Gasteiger partial charge in [0.25, 0.3) is 0 Å². The molecule has 0 aliphatic heterocycles. The largest absolute Gasteiger partial charge is 0.335 e. The van der Waals surface area contributed by atoms with Gasteiger partial charge >= 0.3 is 0 Å². The van der Waals surface area contributed by atoms with Gasteiger partial charge < -0.3 is 11.2 Å². The number of ketones is 1. The number of nitrogen functional groups attached to an aromatic ring is 1. The molecule has 1 aromatic heterocycles. The summed E-state index contributed by atoms with van der Waals surface area (Å²) in [6.07, 6.45) is 0. The molecule has 0 fully saturated rings. The van der Waals surface area contributed by atoms with Crippen LogP contribution in [0.15, 0.2) is 84.0 Å². The standard InChI is InChI=1S/C24H20FN5O2S/c1-15(31)17-10-7-11-18(14-17)27-23(32)21(16-8-3-2-4-9-16)33-24-29-28-22(30(24)26)19-12-5-6-13-20(19)25/h2-14,21H,26H2,1H3,(H,27,32). The molecule has 3 N–H and O–H groups in total. The number of nitrogens with zero attached hydrogens (tertiary/aromatic N) is 3. The fourth-order valence-corrected chi connectivity index (χ4v) is 4.17. The van der Waals surface area contributed by atoms with E-state index in [1.54, 1.807) is 42.5 Å². The summed E-state index contributed by atoms with van der Waals surface area (Å²) in [7, 11) is 0. The SMILES string of the molecule is CC(=O)c1cccc(NC(=O)C(Sc2nnc(-c3ccccc3F)n2N)c2ccccc2)c1. The van der Waals surface area contributed by atoms with E-state index in [1.807, 2.05) is 30.3 Å². The maximum Gasteiger partial charge on any atom is 0.242 e. The van der Waals surface area contributed by atoms with Crippen molar-refractivity contribution in [2.75, 3.05) is 11.2 Å². The topological polar surface area (TPSA) is 103 Å². The van der Waals surface area contributed by atoms with Gasteiger partial charge in [-0.15, -0.1) is 10.2 Å². The first-order valence-corrected chi connectivity index (χ1v) is 10.9. The van der Waals surface area contributed by atoms with Gasteiger partial charge in [-0.1, -0.05) is 66.4 Å². The minimum atomic E-state index is -0.729. The summed E-state index contributed by atoms with van der Waals surface area (Å²) in [5.41, 5.74) is 1.92. The lowest BCUT2D eigenvalue weighted by Crippen LogP contribution is -2.20. The van der Waals surface area contributed by atoms with Gasteiger partial charge in [-0.25, -0.2) is 9.07 Å². The van der Waals surface area contributed by atoms with E-state index >= 15 is 0 Å². The Morgan fingerprint density at radius 2 is 1.73 bits per heavy atom. The number of carbonyl (C=O) groups excluding carboxylic acids is 2. The van der Waals surface area contributed by atoms with Crippen LogP contribution < -0.4 is 11.2 Å². The number of thioether (sulfide) groups is 1. The van der Waals surface area contributed by atoms with Gasteiger partial charge in [0, 0.05) is 11.3 Å². The smallest absolute Gasteiger partial charge is 0.242 e. The summed E-state index contributed by atoms with van der Waals surface area (Å²) in [5.74, 6) is 5.41. The predicted molar refractivity (Wildman–Crippen MR) is 126 cm³/mol. The van der Waals surface area contributed by atoms with Crippen molar-refractivity contribution < 1.29 is 14.0 Å². The molecular formula is C24H20FN5O2S. The Bertz CT molecular complexity index is 1310. The summed E-state index contributed by atoms with van der Waals surface area (Å²) in [5, 5.41) is 10.5. The van der Waals surface area contributed by atoms with Gasteiger partial charge in [-0.05, 0) is 36.8 Å². The molecule has 0 spiro atoms. The molecule has 0 radical (unpaired) electrons. The first-order valence-electron chi connectivity index (χ1n) is 10.0. The van der Waals surface area contributed by atoms with Gasteiger partial charge in [-0.2, -0.15) is 0 Å². The van der Waals surface area contributed by atoms with Crippen molar-refractivity contribution in [2.45, 2.75) is 17.3 Å². The molecule has 1 heterocycles. The maximum absolute atomic E-state index is 14.2. The lowest BCUT2D eigenvalue weighted by atomic mass is 10.1. The second-order valence-electron chi connectivity index (χ2n) is 7.19. The Morgan fingerprint density at radius 3 is 2.45 bits per heavy atom. The first-order chi connectivity index (χ1) is 15.9. The van der Waals surface area contributed by atoms with E-state index in [1.165, 1.54) is 17.7 Å². The average Bonchev–Trinajstić information content (AvgIpc) is 3.18. The van der Waals surface area contributed by atoms with E-state index in [0.29, 0.717) is 11.3 Å². The van der Waals surface area contributed by atoms with Crippen LogP contribution in [-0.2, 0) is 4.79 Å². The van der Waals surface area contributed by atoms with Crippen LogP contribution in [0.3, 0.4) is 0 Å². The van der Waals surface area contributed by atoms with Crippen LogP contribution in [0, 0.1) is 5.82 Å². The quantitative estimate of drug-likeness (QED) is 0.239. The second kappa shape index (κ2) is 9.66. The van der Waals surface area contributed by atoms with Crippen molar-refractivity contribution >= 4 is 29.1 Å². The molecule has 0 aliphatic rings. The van der Waals surface area contributed by atoms with E-state index in [9.17, 15) is 14.0 Å². The van der Waals surface area contributed by atoms with Crippen LogP contribution in [0.4, 0.5) is 10.1 Å². The number of nitrogens with one attached hydrogen (secondary N) is 1. The minimum absolute atomic E-state index is 0.100. The summed E-state index contributed by atoms with van der Waals surface area (Å²) in [4.78, 5) is 25.0. The molecule has 33 heavy (non-hydrogen) atoms. The molecule has 9 heteroatoms. The lowest BCUT2D eigenvalue weighted by Gasteiger charge is -2.17. The van der Waals surface area contributed by atoms with Crippen molar-refractivity contribution in [3.05, 3.63) is 95.8 Å². The fraction of sp³-hybridized carbons (Fsp3) is 0.0833. The molecule has 1 atom stereocenters. The highest BCUT2D eigenvalue weighted by atomic mass is 32.2. The molecule has 3 aromatic carbocycles. The van der Waals surface area contributed by atoms with Crippen LogP contribution in [0.2, 0.25) is 0 Å². The number of benzene rings is 3. The number of hydrogen-bond acceptors (Lipinski definition) is 6. The normalized spacial score (nSPS) is 11.7. The molecule has 0 saturated heterocycles. The number of nitrogens with two attached hydrogens (primary N) is 1. The van der Waals surface area contributed by atoms with Crippen LogP contribution >= 0.6 is 11.8 Å². The predicted octanol–water partition coefficient (Wildman–Crippen LogP) is 4.47. The molecule has 0 aliphatic carbocycles. The zero-order valence-electron chi connectivity index (χ0n) is 17.6. The Labute approximate surface area is 193 Å². The Kier molecular flexibility index (Phi) is 6.50. The fourth-order valence-electron chi connectivity index (χ4n) is 3.21. The number of carbonyl (C=O) groups is 2. The number of aromatic nitrogens is 3. The molecule has 0 bridgehead atoms. The molecule has 7 nitrogen and oxygen atoms in total. The minimum Gasteiger partial charge on any atom is -0.335 e. The van der Waals surface area contributed by atoms with Gasteiger partial charge in [-0.3, -0.25) is 9.59 Å². The number of hydrogen-bond donors (Lipinski definition) is 2. The monoisotopic (exact) mass is 461 g/mol.